The van der Waals surface area contributed by atoms with Gasteiger partial charge in [0.25, 0.3) is 0 Å². The second-order valence-corrected chi connectivity index (χ2v) is 7.72. The Morgan fingerprint density at radius 3 is 2.25 bits per heavy atom. The second-order valence-electron chi connectivity index (χ2n) is 6.93. The lowest BCUT2D eigenvalue weighted by Crippen LogP contribution is -2.58. The zero-order chi connectivity index (χ0) is 23.9. The maximum absolute atomic E-state index is 10.7. The topological polar surface area (TPSA) is 161 Å². The van der Waals surface area contributed by atoms with Crippen molar-refractivity contribution in [1.82, 2.24) is 0 Å². The van der Waals surface area contributed by atoms with E-state index < -0.39 is 16.2 Å². The highest BCUT2D eigenvalue weighted by Crippen LogP contribution is 2.25. The molecule has 1 heterocycles. The first-order chi connectivity index (χ1) is 15.0. The molecule has 3 aromatic rings. The molecule has 172 valence electrons. The van der Waals surface area contributed by atoms with Gasteiger partial charge >= 0.3 is 5.97 Å². The van der Waals surface area contributed by atoms with E-state index in [4.69, 9.17) is 32.9 Å². The van der Waals surface area contributed by atoms with Gasteiger partial charge in [0.1, 0.15) is 17.1 Å². The summed E-state index contributed by atoms with van der Waals surface area (Å²) in [5.41, 5.74) is 4.01. The fourth-order valence-electron chi connectivity index (χ4n) is 2.88. The number of hydrogen-bond donors (Lipinski definition) is 2. The zero-order valence-corrected chi connectivity index (χ0v) is 18.6. The predicted octanol–water partition coefficient (Wildman–Crippen LogP) is 0.367. The van der Waals surface area contributed by atoms with Crippen LogP contribution in [0.1, 0.15) is 24.0 Å². The first kappa shape index (κ1) is 25.3. The van der Waals surface area contributed by atoms with Crippen LogP contribution in [0.25, 0.3) is 22.3 Å². The van der Waals surface area contributed by atoms with Crippen molar-refractivity contribution < 1.29 is 47.9 Å². The number of benzene rings is 2. The third-order valence-corrected chi connectivity index (χ3v) is 4.57. The maximum atomic E-state index is 10.7. The molecule has 0 atom stereocenters. The first-order valence-electron chi connectivity index (χ1n) is 9.53. The molecule has 0 aliphatic heterocycles. The van der Waals surface area contributed by atoms with Gasteiger partial charge in [0.15, 0.2) is 0 Å². The number of aryl methyl sites for hydroxylation is 2. The fraction of sp³-hybridized carbons (Fsp3) is 0.273. The third kappa shape index (κ3) is 7.95. The molecule has 0 bridgehead atoms. The summed E-state index contributed by atoms with van der Waals surface area (Å²) < 4.78 is 44.1. The number of carboxylic acid groups (broad SMARTS) is 1. The smallest absolute Gasteiger partial charge is 0.303 e. The minimum atomic E-state index is -4.69. The van der Waals surface area contributed by atoms with E-state index in [0.29, 0.717) is 18.7 Å². The number of carbonyl (C=O) groups is 1. The number of aliphatic carboxylic acids is 1. The monoisotopic (exact) mass is 465 g/mol. The van der Waals surface area contributed by atoms with Crippen LogP contribution in [0, 0.1) is 24.1 Å². The Hall–Kier alpha value is -2.95. The highest BCUT2D eigenvalue weighted by Gasteiger charge is 2.08. The van der Waals surface area contributed by atoms with Crippen LogP contribution in [0.5, 0.6) is 5.75 Å². The molecular weight excluding hydrogens is 442 g/mol. The predicted molar refractivity (Wildman–Crippen MR) is 107 cm³/mol. The van der Waals surface area contributed by atoms with Crippen LogP contribution in [0.4, 0.5) is 0 Å². The molecule has 32 heavy (non-hydrogen) atoms. The van der Waals surface area contributed by atoms with Crippen LogP contribution in [-0.2, 0) is 4.79 Å². The zero-order valence-electron chi connectivity index (χ0n) is 17.8. The van der Waals surface area contributed by atoms with Crippen molar-refractivity contribution in [2.24, 2.45) is 4.99 Å². The van der Waals surface area contributed by atoms with Gasteiger partial charge in [-0.05, 0) is 67.8 Å². The Bertz CT molecular complexity index is 1130. The highest BCUT2D eigenvalue weighted by molar-refractivity contribution is 5.80. The Kier molecular flexibility index (Phi) is 8.76. The largest absolute Gasteiger partial charge is 0.497 e. The molecule has 1 aromatic heterocycles. The summed E-state index contributed by atoms with van der Waals surface area (Å²) >= 11 is 0. The van der Waals surface area contributed by atoms with Crippen molar-refractivity contribution in [1.29, 1.82) is 0 Å². The van der Waals surface area contributed by atoms with Crippen molar-refractivity contribution in [3.8, 4) is 17.1 Å². The maximum Gasteiger partial charge on any atom is 0.303 e. The van der Waals surface area contributed by atoms with Crippen LogP contribution < -0.4 is 24.1 Å². The van der Waals surface area contributed by atoms with Crippen molar-refractivity contribution in [3.63, 3.8) is 0 Å². The number of fused-ring (bicyclic) bond motifs is 1. The molecule has 0 aliphatic carbocycles. The third-order valence-electron chi connectivity index (χ3n) is 4.57. The average Bonchev–Trinajstić information content (AvgIpc) is 2.71. The Morgan fingerprint density at radius 2 is 1.69 bits per heavy atom. The number of rotatable bonds is 6. The molecule has 0 fully saturated rings. The SMILES string of the molecule is COc1ccc(-c2cc(=NCCCC(=O)O)c3cc(C)c(C)cc3o2)cc1.[O-][Cl+3]([O-])([O-])O. The highest BCUT2D eigenvalue weighted by atomic mass is 35.7. The van der Waals surface area contributed by atoms with E-state index in [1.54, 1.807) is 7.11 Å². The average molecular weight is 466 g/mol. The summed E-state index contributed by atoms with van der Waals surface area (Å²) in [7, 11) is -3.06. The number of nitrogens with zero attached hydrogens (tertiary/aromatic N) is 1. The van der Waals surface area contributed by atoms with E-state index in [0.717, 1.165) is 38.8 Å². The van der Waals surface area contributed by atoms with E-state index in [1.807, 2.05) is 43.3 Å². The van der Waals surface area contributed by atoms with Crippen molar-refractivity contribution in [2.45, 2.75) is 26.7 Å². The van der Waals surface area contributed by atoms with Gasteiger partial charge in [0.05, 0.1) is 27.4 Å². The molecule has 0 saturated heterocycles. The molecular formula is C22H24ClNO8. The Balaban J connectivity index is 0.000000654. The number of carboxylic acids is 1. The summed E-state index contributed by atoms with van der Waals surface area (Å²) in [5, 5.41) is 10.6. The van der Waals surface area contributed by atoms with Gasteiger partial charge in [0.2, 0.25) is 0 Å². The summed E-state index contributed by atoms with van der Waals surface area (Å²) in [6.07, 6.45) is 0.619. The molecule has 0 spiro atoms. The summed E-state index contributed by atoms with van der Waals surface area (Å²) in [5.74, 6) is 0.693. The van der Waals surface area contributed by atoms with Gasteiger partial charge in [-0.1, -0.05) is 0 Å². The van der Waals surface area contributed by atoms with Crippen molar-refractivity contribution >= 4 is 16.9 Å². The molecule has 10 heteroatoms. The lowest BCUT2D eigenvalue weighted by Gasteiger charge is -2.08. The van der Waals surface area contributed by atoms with Gasteiger partial charge in [-0.15, -0.1) is 0 Å². The normalized spacial score (nSPS) is 11.8. The molecule has 2 aromatic carbocycles. The van der Waals surface area contributed by atoms with E-state index in [-0.39, 0.29) is 6.42 Å². The molecule has 0 unspecified atom stereocenters. The van der Waals surface area contributed by atoms with Gasteiger partial charge in [0, 0.05) is 30.0 Å². The quantitative estimate of drug-likeness (QED) is 0.493. The van der Waals surface area contributed by atoms with Gasteiger partial charge in [-0.25, -0.2) is 0 Å². The number of halogens is 1. The lowest BCUT2D eigenvalue weighted by molar-refractivity contribution is -1.92. The van der Waals surface area contributed by atoms with Crippen LogP contribution >= 0.6 is 0 Å². The number of hydrogen-bond acceptors (Lipinski definition) is 8. The van der Waals surface area contributed by atoms with Crippen molar-refractivity contribution in [2.75, 3.05) is 13.7 Å². The van der Waals surface area contributed by atoms with E-state index >= 15 is 0 Å². The molecule has 0 saturated carbocycles. The number of methoxy groups -OCH3 is 1. The standard InChI is InChI=1S/C22H23NO4.ClHO4/c1-14-11-18-19(23-10-4-5-22(24)25)13-20(27-21(18)12-15(14)2)16-6-8-17(26-3)9-7-16;2-1(3,4)5/h6-9,11-13H,4-5,10H2,1-3H3,(H,24,25);(H,2,3,4,5). The fourth-order valence-corrected chi connectivity index (χ4v) is 2.88. The lowest BCUT2D eigenvalue weighted by atomic mass is 10.1. The molecule has 2 N–H and O–H groups in total. The summed E-state index contributed by atoms with van der Waals surface area (Å²) in [6, 6.07) is 13.7. The first-order valence-corrected chi connectivity index (χ1v) is 10.8. The van der Waals surface area contributed by atoms with Gasteiger partial charge < -0.3 is 14.3 Å². The van der Waals surface area contributed by atoms with E-state index in [9.17, 15) is 4.79 Å². The van der Waals surface area contributed by atoms with Gasteiger partial charge in [-0.3, -0.25) is 9.79 Å². The molecule has 3 rings (SSSR count). The Morgan fingerprint density at radius 1 is 1.09 bits per heavy atom. The van der Waals surface area contributed by atoms with Crippen LogP contribution in [0.2, 0.25) is 0 Å². The summed E-state index contributed by atoms with van der Waals surface area (Å²) in [4.78, 5) is 15.4. The number of ether oxygens (including phenoxy) is 1. The minimum absolute atomic E-state index is 0.113. The molecule has 0 radical (unpaired) electrons. The molecule has 9 nitrogen and oxygen atoms in total. The minimum Gasteiger partial charge on any atom is -0.497 e. The second kappa shape index (κ2) is 11.1. The van der Waals surface area contributed by atoms with Crippen LogP contribution in [0.15, 0.2) is 51.9 Å². The van der Waals surface area contributed by atoms with E-state index in [2.05, 4.69) is 18.0 Å². The van der Waals surface area contributed by atoms with Crippen molar-refractivity contribution in [3.05, 3.63) is 58.9 Å². The molecule has 0 amide bonds. The summed E-state index contributed by atoms with van der Waals surface area (Å²) in [6.45, 7) is 4.56. The van der Waals surface area contributed by atoms with Gasteiger partial charge in [-0.2, -0.15) is 14.0 Å². The van der Waals surface area contributed by atoms with E-state index in [1.165, 1.54) is 0 Å². The van der Waals surface area contributed by atoms with Crippen LogP contribution in [0.3, 0.4) is 0 Å². The van der Waals surface area contributed by atoms with Crippen LogP contribution in [-0.4, -0.2) is 29.4 Å². The Labute approximate surface area is 186 Å². The molecule has 0 aliphatic rings.